The van der Waals surface area contributed by atoms with Crippen LogP contribution in [0.25, 0.3) is 0 Å². The summed E-state index contributed by atoms with van der Waals surface area (Å²) in [5.41, 5.74) is 2.30. The van der Waals surface area contributed by atoms with Gasteiger partial charge in [-0.15, -0.1) is 0 Å². The van der Waals surface area contributed by atoms with Crippen molar-refractivity contribution in [3.63, 3.8) is 0 Å². The maximum Gasteiger partial charge on any atom is 0.161 e. The van der Waals surface area contributed by atoms with E-state index >= 15 is 0 Å². The van der Waals surface area contributed by atoms with E-state index in [4.69, 9.17) is 9.47 Å². The van der Waals surface area contributed by atoms with Crippen LogP contribution < -0.4 is 14.8 Å². The van der Waals surface area contributed by atoms with E-state index in [9.17, 15) is 0 Å². The quantitative estimate of drug-likeness (QED) is 0.755. The highest BCUT2D eigenvalue weighted by atomic mass is 127. The summed E-state index contributed by atoms with van der Waals surface area (Å²) in [6.07, 6.45) is 0. The van der Waals surface area contributed by atoms with E-state index in [-0.39, 0.29) is 0 Å². The molecular formula is C16H18INO2. The zero-order chi connectivity index (χ0) is 14.4. The Morgan fingerprint density at radius 2 is 1.90 bits per heavy atom. The molecule has 0 spiro atoms. The fraction of sp³-hybridized carbons (Fsp3) is 0.250. The van der Waals surface area contributed by atoms with E-state index in [0.29, 0.717) is 6.61 Å². The van der Waals surface area contributed by atoms with Gasteiger partial charge in [-0.1, -0.05) is 18.2 Å². The van der Waals surface area contributed by atoms with E-state index in [2.05, 4.69) is 46.1 Å². The van der Waals surface area contributed by atoms with Crippen LogP contribution in [0.3, 0.4) is 0 Å². The SMILES string of the molecule is CCOc1ccc(CNc2ccccc2I)cc1OC. The van der Waals surface area contributed by atoms with Gasteiger partial charge in [-0.2, -0.15) is 0 Å². The average Bonchev–Trinajstić information content (AvgIpc) is 2.48. The monoisotopic (exact) mass is 383 g/mol. The Bertz CT molecular complexity index is 572. The van der Waals surface area contributed by atoms with Crippen molar-refractivity contribution >= 4 is 28.3 Å². The molecule has 20 heavy (non-hydrogen) atoms. The molecule has 1 N–H and O–H groups in total. The van der Waals surface area contributed by atoms with Crippen LogP contribution in [0.4, 0.5) is 5.69 Å². The maximum absolute atomic E-state index is 5.52. The van der Waals surface area contributed by atoms with Gasteiger partial charge in [0.2, 0.25) is 0 Å². The number of nitrogens with one attached hydrogen (secondary N) is 1. The van der Waals surface area contributed by atoms with Crippen LogP contribution in [0.1, 0.15) is 12.5 Å². The van der Waals surface area contributed by atoms with Gasteiger partial charge in [0.15, 0.2) is 11.5 Å². The van der Waals surface area contributed by atoms with E-state index in [1.165, 1.54) is 3.57 Å². The summed E-state index contributed by atoms with van der Waals surface area (Å²) >= 11 is 2.33. The van der Waals surface area contributed by atoms with Crippen LogP contribution in [0.15, 0.2) is 42.5 Å². The number of anilines is 1. The van der Waals surface area contributed by atoms with E-state index in [1.807, 2.05) is 31.2 Å². The van der Waals surface area contributed by atoms with Crippen molar-refractivity contribution in [2.45, 2.75) is 13.5 Å². The Hall–Kier alpha value is -1.43. The lowest BCUT2D eigenvalue weighted by molar-refractivity contribution is 0.310. The van der Waals surface area contributed by atoms with Crippen LogP contribution in [0.5, 0.6) is 11.5 Å². The van der Waals surface area contributed by atoms with Gasteiger partial charge in [-0.25, -0.2) is 0 Å². The van der Waals surface area contributed by atoms with E-state index in [0.717, 1.165) is 29.3 Å². The van der Waals surface area contributed by atoms with Gasteiger partial charge in [0, 0.05) is 15.8 Å². The first-order chi connectivity index (χ1) is 9.74. The van der Waals surface area contributed by atoms with Gasteiger partial charge in [0.1, 0.15) is 0 Å². The number of halogens is 1. The summed E-state index contributed by atoms with van der Waals surface area (Å²) in [6.45, 7) is 3.35. The van der Waals surface area contributed by atoms with Crippen molar-refractivity contribution < 1.29 is 9.47 Å². The van der Waals surface area contributed by atoms with Gasteiger partial charge < -0.3 is 14.8 Å². The number of hydrogen-bond acceptors (Lipinski definition) is 3. The second-order valence-electron chi connectivity index (χ2n) is 4.25. The summed E-state index contributed by atoms with van der Waals surface area (Å²) in [5, 5.41) is 3.43. The van der Waals surface area contributed by atoms with Crippen LogP contribution in [0.2, 0.25) is 0 Å². The van der Waals surface area contributed by atoms with Crippen molar-refractivity contribution in [3.05, 3.63) is 51.6 Å². The minimum Gasteiger partial charge on any atom is -0.493 e. The largest absolute Gasteiger partial charge is 0.493 e. The third kappa shape index (κ3) is 3.79. The first kappa shape index (κ1) is 15.0. The maximum atomic E-state index is 5.52. The average molecular weight is 383 g/mol. The molecule has 0 aliphatic carbocycles. The van der Waals surface area contributed by atoms with Gasteiger partial charge in [-0.3, -0.25) is 0 Å². The summed E-state index contributed by atoms with van der Waals surface area (Å²) in [6, 6.07) is 14.2. The van der Waals surface area contributed by atoms with Crippen molar-refractivity contribution in [3.8, 4) is 11.5 Å². The molecule has 2 aromatic carbocycles. The fourth-order valence-electron chi connectivity index (χ4n) is 1.90. The smallest absolute Gasteiger partial charge is 0.161 e. The summed E-state index contributed by atoms with van der Waals surface area (Å²) in [4.78, 5) is 0. The lowest BCUT2D eigenvalue weighted by Crippen LogP contribution is -2.02. The van der Waals surface area contributed by atoms with Crippen LogP contribution in [-0.2, 0) is 6.54 Å². The second kappa shape index (κ2) is 7.38. The second-order valence-corrected chi connectivity index (χ2v) is 5.41. The fourth-order valence-corrected chi connectivity index (χ4v) is 2.48. The third-order valence-corrected chi connectivity index (χ3v) is 3.83. The minimum atomic E-state index is 0.635. The Morgan fingerprint density at radius 3 is 2.60 bits per heavy atom. The van der Waals surface area contributed by atoms with Crippen molar-refractivity contribution in [1.82, 2.24) is 0 Å². The Labute approximate surface area is 133 Å². The molecule has 0 aromatic heterocycles. The molecule has 0 unspecified atom stereocenters. The summed E-state index contributed by atoms with van der Waals surface area (Å²) < 4.78 is 12.1. The topological polar surface area (TPSA) is 30.5 Å². The Morgan fingerprint density at radius 1 is 1.10 bits per heavy atom. The first-order valence-corrected chi connectivity index (χ1v) is 7.60. The lowest BCUT2D eigenvalue weighted by Gasteiger charge is -2.12. The molecule has 2 rings (SSSR count). The van der Waals surface area contributed by atoms with Crippen LogP contribution in [0, 0.1) is 3.57 Å². The molecule has 0 bridgehead atoms. The van der Waals surface area contributed by atoms with Crippen molar-refractivity contribution in [2.75, 3.05) is 19.0 Å². The molecule has 0 aliphatic rings. The number of benzene rings is 2. The zero-order valence-corrected chi connectivity index (χ0v) is 13.8. The molecule has 0 aliphatic heterocycles. The number of para-hydroxylation sites is 1. The zero-order valence-electron chi connectivity index (χ0n) is 11.7. The molecule has 3 nitrogen and oxygen atoms in total. The molecule has 0 saturated carbocycles. The number of rotatable bonds is 6. The van der Waals surface area contributed by atoms with Crippen molar-refractivity contribution in [2.24, 2.45) is 0 Å². The minimum absolute atomic E-state index is 0.635. The number of methoxy groups -OCH3 is 1. The molecule has 0 saturated heterocycles. The van der Waals surface area contributed by atoms with Gasteiger partial charge >= 0.3 is 0 Å². The first-order valence-electron chi connectivity index (χ1n) is 6.52. The summed E-state index contributed by atoms with van der Waals surface area (Å²) in [5.74, 6) is 1.56. The van der Waals surface area contributed by atoms with E-state index in [1.54, 1.807) is 7.11 Å². The lowest BCUT2D eigenvalue weighted by atomic mass is 10.2. The van der Waals surface area contributed by atoms with E-state index < -0.39 is 0 Å². The normalized spacial score (nSPS) is 10.2. The van der Waals surface area contributed by atoms with Crippen LogP contribution >= 0.6 is 22.6 Å². The highest BCUT2D eigenvalue weighted by molar-refractivity contribution is 14.1. The summed E-state index contributed by atoms with van der Waals surface area (Å²) in [7, 11) is 1.66. The predicted molar refractivity (Wildman–Crippen MR) is 90.6 cm³/mol. The Kier molecular flexibility index (Phi) is 5.52. The molecule has 0 fully saturated rings. The van der Waals surface area contributed by atoms with Gasteiger partial charge in [-0.05, 0) is 59.3 Å². The predicted octanol–water partition coefficient (Wildman–Crippen LogP) is 4.31. The van der Waals surface area contributed by atoms with Gasteiger partial charge in [0.25, 0.3) is 0 Å². The molecule has 0 atom stereocenters. The van der Waals surface area contributed by atoms with Crippen LogP contribution in [-0.4, -0.2) is 13.7 Å². The van der Waals surface area contributed by atoms with Gasteiger partial charge in [0.05, 0.1) is 13.7 Å². The molecule has 2 aromatic rings. The standard InChI is InChI=1S/C16H18INO2/c1-3-20-15-9-8-12(10-16(15)19-2)11-18-14-7-5-4-6-13(14)17/h4-10,18H,3,11H2,1-2H3. The third-order valence-electron chi connectivity index (χ3n) is 2.88. The molecule has 4 heteroatoms. The number of hydrogen-bond donors (Lipinski definition) is 1. The molecule has 106 valence electrons. The molecule has 0 amide bonds. The highest BCUT2D eigenvalue weighted by Gasteiger charge is 2.05. The highest BCUT2D eigenvalue weighted by Crippen LogP contribution is 2.28. The number of ether oxygens (including phenoxy) is 2. The Balaban J connectivity index is 2.08. The molecule has 0 radical (unpaired) electrons. The molecule has 0 heterocycles. The molecular weight excluding hydrogens is 365 g/mol. The van der Waals surface area contributed by atoms with Crippen molar-refractivity contribution in [1.29, 1.82) is 0 Å².